The van der Waals surface area contributed by atoms with E-state index < -0.39 is 0 Å². The first-order chi connectivity index (χ1) is 9.51. The van der Waals surface area contributed by atoms with E-state index in [0.717, 1.165) is 11.1 Å². The van der Waals surface area contributed by atoms with Gasteiger partial charge < -0.3 is 4.74 Å². The van der Waals surface area contributed by atoms with Crippen LogP contribution in [-0.4, -0.2) is 0 Å². The van der Waals surface area contributed by atoms with Crippen molar-refractivity contribution in [2.75, 3.05) is 0 Å². The summed E-state index contributed by atoms with van der Waals surface area (Å²) in [6.07, 6.45) is 0. The van der Waals surface area contributed by atoms with Gasteiger partial charge in [-0.3, -0.25) is 0 Å². The van der Waals surface area contributed by atoms with E-state index in [1.165, 1.54) is 0 Å². The van der Waals surface area contributed by atoms with E-state index >= 15 is 0 Å². The van der Waals surface area contributed by atoms with E-state index in [9.17, 15) is 0 Å². The average molecular weight is 370 g/mol. The molecule has 0 N–H and O–H groups in total. The molecule has 0 saturated heterocycles. The normalized spacial score (nSPS) is 10.7. The molecule has 0 aromatic heterocycles. The van der Waals surface area contributed by atoms with Gasteiger partial charge in [-0.25, -0.2) is 0 Å². The summed E-state index contributed by atoms with van der Waals surface area (Å²) in [7, 11) is 0. The molecule has 0 radical (unpaired) electrons. The number of hydrogen-bond acceptors (Lipinski definition) is 1. The van der Waals surface area contributed by atoms with Crippen LogP contribution in [0.15, 0.2) is 30.3 Å². The molecule has 20 heavy (non-hydrogen) atoms. The first kappa shape index (κ1) is 16.1. The minimum absolute atomic E-state index is 0.241. The van der Waals surface area contributed by atoms with Crippen molar-refractivity contribution in [3.8, 4) is 5.75 Å². The molecule has 0 unspecified atom stereocenters. The monoisotopic (exact) mass is 368 g/mol. The van der Waals surface area contributed by atoms with Crippen LogP contribution in [0.4, 0.5) is 0 Å². The van der Waals surface area contributed by atoms with Crippen molar-refractivity contribution < 1.29 is 4.74 Å². The van der Waals surface area contributed by atoms with Crippen LogP contribution < -0.4 is 4.74 Å². The van der Waals surface area contributed by atoms with Gasteiger partial charge >= 0.3 is 0 Å². The molecule has 2 rings (SSSR count). The Kier molecular flexibility index (Phi) is 5.71. The third-order valence-electron chi connectivity index (χ3n) is 2.61. The maximum atomic E-state index is 6.12. The Balaban J connectivity index is 2.25. The summed E-state index contributed by atoms with van der Waals surface area (Å²) >= 11 is 29.9. The maximum Gasteiger partial charge on any atom is 0.142 e. The number of hydrogen-bond donors (Lipinski definition) is 0. The Morgan fingerprint density at radius 3 is 2.20 bits per heavy atom. The van der Waals surface area contributed by atoms with Gasteiger partial charge in [-0.15, -0.1) is 11.6 Å². The summed E-state index contributed by atoms with van der Waals surface area (Å²) in [5.74, 6) is 0.751. The van der Waals surface area contributed by atoms with E-state index in [2.05, 4.69) is 0 Å². The Hall–Kier alpha value is -0.310. The molecule has 2 aromatic rings. The van der Waals surface area contributed by atoms with Crippen molar-refractivity contribution in [3.63, 3.8) is 0 Å². The fraction of sp³-hybridized carbons (Fsp3) is 0.143. The molecule has 2 aromatic carbocycles. The van der Waals surface area contributed by atoms with E-state index in [0.29, 0.717) is 25.8 Å². The Morgan fingerprint density at radius 2 is 1.50 bits per heavy atom. The van der Waals surface area contributed by atoms with Gasteiger partial charge in [0.25, 0.3) is 0 Å². The Morgan fingerprint density at radius 1 is 0.800 bits per heavy atom. The highest BCUT2D eigenvalue weighted by atomic mass is 35.5. The molecule has 1 nitrogen and oxygen atoms in total. The lowest BCUT2D eigenvalue weighted by Crippen LogP contribution is -1.99. The summed E-state index contributed by atoms with van der Waals surface area (Å²) < 4.78 is 5.72. The molecule has 0 aliphatic heterocycles. The second kappa shape index (κ2) is 7.11. The van der Waals surface area contributed by atoms with Crippen molar-refractivity contribution in [3.05, 3.63) is 61.5 Å². The molecular weight excluding hydrogens is 361 g/mol. The highest BCUT2D eigenvalue weighted by Gasteiger charge is 2.11. The van der Waals surface area contributed by atoms with Crippen LogP contribution in [0.25, 0.3) is 0 Å². The number of ether oxygens (including phenoxy) is 1. The number of benzene rings is 2. The van der Waals surface area contributed by atoms with Crippen molar-refractivity contribution >= 4 is 58.0 Å². The van der Waals surface area contributed by atoms with E-state index in [1.807, 2.05) is 0 Å². The molecule has 0 aliphatic rings. The van der Waals surface area contributed by atoms with Crippen molar-refractivity contribution in [1.29, 1.82) is 0 Å². The zero-order valence-electron chi connectivity index (χ0n) is 10.1. The maximum absolute atomic E-state index is 6.12. The molecule has 6 heteroatoms. The largest absolute Gasteiger partial charge is 0.487 e. The molecule has 0 aliphatic carbocycles. The molecule has 0 amide bonds. The van der Waals surface area contributed by atoms with Gasteiger partial charge in [0.1, 0.15) is 12.4 Å². The molecule has 0 spiro atoms. The molecule has 0 heterocycles. The fourth-order valence-corrected chi connectivity index (χ4v) is 2.83. The van der Waals surface area contributed by atoms with Gasteiger partial charge in [-0.05, 0) is 30.3 Å². The number of rotatable bonds is 4. The Bertz CT molecular complexity index is 627. The van der Waals surface area contributed by atoms with Crippen LogP contribution >= 0.6 is 58.0 Å². The summed E-state index contributed by atoms with van der Waals surface area (Å²) in [5, 5.41) is 2.09. The highest BCUT2D eigenvalue weighted by Crippen LogP contribution is 2.34. The first-order valence-corrected chi connectivity index (χ1v) is 7.66. The van der Waals surface area contributed by atoms with Crippen molar-refractivity contribution in [1.82, 2.24) is 0 Å². The Labute approximate surface area is 142 Å². The summed E-state index contributed by atoms with van der Waals surface area (Å²) in [5.41, 5.74) is 1.49. The number of halogens is 5. The lowest BCUT2D eigenvalue weighted by molar-refractivity contribution is 0.304. The predicted molar refractivity (Wildman–Crippen MR) is 86.8 cm³/mol. The van der Waals surface area contributed by atoms with Gasteiger partial charge in [0, 0.05) is 26.2 Å². The topological polar surface area (TPSA) is 9.23 Å². The smallest absolute Gasteiger partial charge is 0.142 e. The van der Waals surface area contributed by atoms with Crippen LogP contribution in [0, 0.1) is 0 Å². The summed E-state index contributed by atoms with van der Waals surface area (Å²) in [6, 6.07) is 8.50. The lowest BCUT2D eigenvalue weighted by Gasteiger charge is -2.13. The standard InChI is InChI=1S/C14H9Cl5O/c15-6-8-3-11(17)5-13(19)14(8)20-7-9-4-10(16)1-2-12(9)18/h1-5H,6-7H2. The minimum Gasteiger partial charge on any atom is -0.487 e. The van der Waals surface area contributed by atoms with Gasteiger partial charge in [-0.2, -0.15) is 0 Å². The van der Waals surface area contributed by atoms with Gasteiger partial charge in [0.2, 0.25) is 0 Å². The van der Waals surface area contributed by atoms with Gasteiger partial charge in [0.05, 0.1) is 10.9 Å². The van der Waals surface area contributed by atoms with Gasteiger partial charge in [-0.1, -0.05) is 46.4 Å². The first-order valence-electron chi connectivity index (χ1n) is 5.62. The van der Waals surface area contributed by atoms with Crippen LogP contribution in [0.5, 0.6) is 5.75 Å². The summed E-state index contributed by atoms with van der Waals surface area (Å²) in [4.78, 5) is 0. The van der Waals surface area contributed by atoms with E-state index in [4.69, 9.17) is 62.7 Å². The zero-order chi connectivity index (χ0) is 14.7. The average Bonchev–Trinajstić information content (AvgIpc) is 2.40. The van der Waals surface area contributed by atoms with E-state index in [-0.39, 0.29) is 12.5 Å². The quantitative estimate of drug-likeness (QED) is 0.550. The van der Waals surface area contributed by atoms with Crippen LogP contribution in [0.1, 0.15) is 11.1 Å². The lowest BCUT2D eigenvalue weighted by atomic mass is 10.2. The van der Waals surface area contributed by atoms with Crippen molar-refractivity contribution in [2.24, 2.45) is 0 Å². The van der Waals surface area contributed by atoms with Gasteiger partial charge in [0.15, 0.2) is 0 Å². The predicted octanol–water partition coefficient (Wildman–Crippen LogP) is 6.62. The second-order valence-corrected chi connectivity index (χ2v) is 5.99. The zero-order valence-corrected chi connectivity index (χ0v) is 13.9. The molecule has 0 saturated carbocycles. The second-order valence-electron chi connectivity index (χ2n) is 4.03. The van der Waals surface area contributed by atoms with Crippen LogP contribution in [0.2, 0.25) is 20.1 Å². The minimum atomic E-state index is 0.241. The molecule has 0 atom stereocenters. The highest BCUT2D eigenvalue weighted by molar-refractivity contribution is 6.36. The molecule has 0 bridgehead atoms. The third kappa shape index (κ3) is 3.87. The van der Waals surface area contributed by atoms with Crippen LogP contribution in [-0.2, 0) is 12.5 Å². The number of alkyl halides is 1. The van der Waals surface area contributed by atoms with E-state index in [1.54, 1.807) is 30.3 Å². The SMILES string of the molecule is ClCc1cc(Cl)cc(Cl)c1OCc1cc(Cl)ccc1Cl. The third-order valence-corrected chi connectivity index (χ3v) is 4.00. The summed E-state index contributed by atoms with van der Waals surface area (Å²) in [6.45, 7) is 0.241. The van der Waals surface area contributed by atoms with Crippen LogP contribution in [0.3, 0.4) is 0 Å². The molecule has 106 valence electrons. The van der Waals surface area contributed by atoms with Crippen molar-refractivity contribution in [2.45, 2.75) is 12.5 Å². The fourth-order valence-electron chi connectivity index (χ4n) is 1.68. The molecule has 0 fully saturated rings. The molecular formula is C14H9Cl5O.